The molecule has 2 rings (SSSR count). The average Bonchev–Trinajstić information content (AvgIpc) is 2.84. The minimum Gasteiger partial charge on any atom is -0.323 e. The molecule has 0 saturated heterocycles. The van der Waals surface area contributed by atoms with Crippen molar-refractivity contribution in [2.75, 3.05) is 13.6 Å². The van der Waals surface area contributed by atoms with Crippen molar-refractivity contribution in [1.29, 1.82) is 0 Å². The quantitative estimate of drug-likeness (QED) is 0.922. The predicted molar refractivity (Wildman–Crippen MR) is 82.6 cm³/mol. The van der Waals surface area contributed by atoms with Gasteiger partial charge in [-0.15, -0.1) is 0 Å². The van der Waals surface area contributed by atoms with Gasteiger partial charge in [-0.1, -0.05) is 23.7 Å². The largest absolute Gasteiger partial charge is 0.323 e. The average molecular weight is 293 g/mol. The van der Waals surface area contributed by atoms with Gasteiger partial charge in [0, 0.05) is 42.5 Å². The van der Waals surface area contributed by atoms with Crippen LogP contribution in [0.4, 0.5) is 0 Å². The number of likely N-dealkylation sites (N-methyl/N-ethyl adjacent to an activating group) is 1. The van der Waals surface area contributed by atoms with E-state index in [2.05, 4.69) is 30.0 Å². The lowest BCUT2D eigenvalue weighted by Crippen LogP contribution is -2.31. The van der Waals surface area contributed by atoms with Crippen LogP contribution < -0.4 is 5.73 Å². The van der Waals surface area contributed by atoms with Crippen molar-refractivity contribution in [3.63, 3.8) is 0 Å². The number of aromatic nitrogens is 2. The Morgan fingerprint density at radius 1 is 1.40 bits per heavy atom. The van der Waals surface area contributed by atoms with Crippen LogP contribution in [-0.2, 0) is 7.05 Å². The molecule has 0 aliphatic rings. The molecule has 4 nitrogen and oxygen atoms in total. The Morgan fingerprint density at radius 3 is 2.75 bits per heavy atom. The van der Waals surface area contributed by atoms with Crippen molar-refractivity contribution in [3.8, 4) is 0 Å². The van der Waals surface area contributed by atoms with E-state index >= 15 is 0 Å². The maximum absolute atomic E-state index is 6.23. The van der Waals surface area contributed by atoms with E-state index in [4.69, 9.17) is 17.3 Å². The van der Waals surface area contributed by atoms with Crippen molar-refractivity contribution in [2.24, 2.45) is 12.8 Å². The van der Waals surface area contributed by atoms with Crippen LogP contribution in [0, 0.1) is 0 Å². The minimum absolute atomic E-state index is 0.0460. The summed E-state index contributed by atoms with van der Waals surface area (Å²) in [7, 11) is 3.97. The van der Waals surface area contributed by atoms with E-state index in [-0.39, 0.29) is 12.1 Å². The number of nitrogens with zero attached hydrogens (tertiary/aromatic N) is 3. The molecule has 1 aromatic heterocycles. The number of rotatable bonds is 5. The topological polar surface area (TPSA) is 47.1 Å². The smallest absolute Gasteiger partial charge is 0.0537 e. The number of benzene rings is 1. The van der Waals surface area contributed by atoms with Crippen molar-refractivity contribution in [1.82, 2.24) is 14.7 Å². The third-order valence-corrected chi connectivity index (χ3v) is 3.87. The standard InChI is InChI=1S/C15H21ClN4/c1-11(12-5-4-6-14(16)7-12)19(2)10-15(17)13-8-18-20(3)9-13/h4-9,11,15H,10,17H2,1-3H3. The van der Waals surface area contributed by atoms with Gasteiger partial charge in [0.05, 0.1) is 6.20 Å². The summed E-state index contributed by atoms with van der Waals surface area (Å²) >= 11 is 6.04. The molecule has 2 atom stereocenters. The van der Waals surface area contributed by atoms with Crippen molar-refractivity contribution in [2.45, 2.75) is 19.0 Å². The highest BCUT2D eigenvalue weighted by Crippen LogP contribution is 2.23. The van der Waals surface area contributed by atoms with Crippen LogP contribution in [0.3, 0.4) is 0 Å². The Kier molecular flexibility index (Phi) is 4.81. The van der Waals surface area contributed by atoms with E-state index in [9.17, 15) is 0 Å². The summed E-state index contributed by atoms with van der Waals surface area (Å²) in [5.41, 5.74) is 8.48. The zero-order valence-corrected chi connectivity index (χ0v) is 12.9. The highest BCUT2D eigenvalue weighted by Gasteiger charge is 2.16. The van der Waals surface area contributed by atoms with Gasteiger partial charge in [-0.05, 0) is 31.7 Å². The molecule has 2 N–H and O–H groups in total. The van der Waals surface area contributed by atoms with Gasteiger partial charge in [0.2, 0.25) is 0 Å². The van der Waals surface area contributed by atoms with Crippen LogP contribution >= 0.6 is 11.6 Å². The summed E-state index contributed by atoms with van der Waals surface area (Å²) in [5, 5.41) is 4.92. The van der Waals surface area contributed by atoms with Gasteiger partial charge in [0.1, 0.15) is 0 Å². The SMILES string of the molecule is CC(c1cccc(Cl)c1)N(C)CC(N)c1cnn(C)c1. The minimum atomic E-state index is -0.0460. The molecule has 1 aromatic carbocycles. The fraction of sp³-hybridized carbons (Fsp3) is 0.400. The summed E-state index contributed by atoms with van der Waals surface area (Å²) in [6, 6.07) is 8.16. The maximum atomic E-state index is 6.23. The molecule has 0 fully saturated rings. The lowest BCUT2D eigenvalue weighted by atomic mass is 10.1. The molecule has 0 amide bonds. The van der Waals surface area contributed by atoms with E-state index in [1.807, 2.05) is 37.6 Å². The number of aryl methyl sites for hydroxylation is 1. The van der Waals surface area contributed by atoms with Crippen LogP contribution in [-0.4, -0.2) is 28.3 Å². The number of hydrogen-bond acceptors (Lipinski definition) is 3. The van der Waals surface area contributed by atoms with Gasteiger partial charge in [0.25, 0.3) is 0 Å². The van der Waals surface area contributed by atoms with Crippen LogP contribution in [0.1, 0.15) is 30.1 Å². The Hall–Kier alpha value is -1.36. The summed E-state index contributed by atoms with van der Waals surface area (Å²) in [6.45, 7) is 2.92. The second-order valence-electron chi connectivity index (χ2n) is 5.22. The molecule has 5 heteroatoms. The molecule has 0 aliphatic carbocycles. The van der Waals surface area contributed by atoms with Crippen LogP contribution in [0.2, 0.25) is 5.02 Å². The van der Waals surface area contributed by atoms with E-state index in [0.717, 1.165) is 17.1 Å². The summed E-state index contributed by atoms with van der Waals surface area (Å²) in [5.74, 6) is 0. The van der Waals surface area contributed by atoms with Crippen molar-refractivity contribution in [3.05, 3.63) is 52.8 Å². The first-order chi connectivity index (χ1) is 9.47. The summed E-state index contributed by atoms with van der Waals surface area (Å²) < 4.78 is 1.77. The lowest BCUT2D eigenvalue weighted by molar-refractivity contribution is 0.246. The molecule has 108 valence electrons. The van der Waals surface area contributed by atoms with E-state index < -0.39 is 0 Å². The molecule has 0 spiro atoms. The van der Waals surface area contributed by atoms with Gasteiger partial charge in [-0.2, -0.15) is 5.10 Å². The predicted octanol–water partition coefficient (Wildman–Crippen LogP) is 2.77. The Bertz CT molecular complexity index is 567. The summed E-state index contributed by atoms with van der Waals surface area (Å²) in [4.78, 5) is 2.23. The molecular formula is C15H21ClN4. The maximum Gasteiger partial charge on any atom is 0.0537 e. The summed E-state index contributed by atoms with van der Waals surface area (Å²) in [6.07, 6.45) is 3.78. The lowest BCUT2D eigenvalue weighted by Gasteiger charge is -2.27. The van der Waals surface area contributed by atoms with E-state index in [1.54, 1.807) is 4.68 Å². The fourth-order valence-corrected chi connectivity index (χ4v) is 2.43. The monoisotopic (exact) mass is 292 g/mol. The van der Waals surface area contributed by atoms with Crippen LogP contribution in [0.5, 0.6) is 0 Å². The second kappa shape index (κ2) is 6.39. The molecule has 0 radical (unpaired) electrons. The molecule has 0 saturated carbocycles. The third-order valence-electron chi connectivity index (χ3n) is 3.63. The van der Waals surface area contributed by atoms with Gasteiger partial charge in [-0.25, -0.2) is 0 Å². The second-order valence-corrected chi connectivity index (χ2v) is 5.66. The Balaban J connectivity index is 2.02. The first-order valence-corrected chi connectivity index (χ1v) is 7.05. The molecule has 2 aromatic rings. The normalized spacial score (nSPS) is 14.5. The highest BCUT2D eigenvalue weighted by molar-refractivity contribution is 6.30. The molecular weight excluding hydrogens is 272 g/mol. The number of nitrogens with two attached hydrogens (primary N) is 1. The van der Waals surface area contributed by atoms with E-state index in [1.165, 1.54) is 5.56 Å². The molecule has 0 bridgehead atoms. The Labute approximate surface area is 125 Å². The van der Waals surface area contributed by atoms with Gasteiger partial charge in [-0.3, -0.25) is 9.58 Å². The zero-order chi connectivity index (χ0) is 14.7. The molecule has 0 aliphatic heterocycles. The molecule has 2 unspecified atom stereocenters. The van der Waals surface area contributed by atoms with Crippen LogP contribution in [0.15, 0.2) is 36.7 Å². The highest BCUT2D eigenvalue weighted by atomic mass is 35.5. The van der Waals surface area contributed by atoms with E-state index in [0.29, 0.717) is 0 Å². The first-order valence-electron chi connectivity index (χ1n) is 6.67. The van der Waals surface area contributed by atoms with Crippen LogP contribution in [0.25, 0.3) is 0 Å². The van der Waals surface area contributed by atoms with Crippen molar-refractivity contribution >= 4 is 11.6 Å². The van der Waals surface area contributed by atoms with Gasteiger partial charge in [0.15, 0.2) is 0 Å². The van der Waals surface area contributed by atoms with Gasteiger partial charge >= 0.3 is 0 Å². The fourth-order valence-electron chi connectivity index (χ4n) is 2.23. The van der Waals surface area contributed by atoms with Crippen molar-refractivity contribution < 1.29 is 0 Å². The Morgan fingerprint density at radius 2 is 2.15 bits per heavy atom. The first kappa shape index (κ1) is 15.0. The third kappa shape index (κ3) is 3.60. The number of halogens is 1. The molecule has 1 heterocycles. The molecule has 20 heavy (non-hydrogen) atoms. The van der Waals surface area contributed by atoms with Gasteiger partial charge < -0.3 is 5.73 Å². The number of hydrogen-bond donors (Lipinski definition) is 1. The zero-order valence-electron chi connectivity index (χ0n) is 12.1.